The van der Waals surface area contributed by atoms with Crippen LogP contribution in [0.2, 0.25) is 0 Å². The van der Waals surface area contributed by atoms with E-state index in [0.29, 0.717) is 17.1 Å². The summed E-state index contributed by atoms with van der Waals surface area (Å²) in [6, 6.07) is 10.1. The highest BCUT2D eigenvalue weighted by Crippen LogP contribution is 2.34. The van der Waals surface area contributed by atoms with Crippen molar-refractivity contribution in [3.05, 3.63) is 42.2 Å². The Morgan fingerprint density at radius 3 is 2.81 bits per heavy atom. The van der Waals surface area contributed by atoms with Gasteiger partial charge in [0.15, 0.2) is 5.82 Å². The zero-order chi connectivity index (χ0) is 18.1. The molecule has 2 aromatic carbocycles. The minimum absolute atomic E-state index is 0.0341. The maximum atomic E-state index is 13.7. The van der Waals surface area contributed by atoms with Crippen molar-refractivity contribution in [2.24, 2.45) is 5.92 Å². The van der Waals surface area contributed by atoms with Crippen molar-refractivity contribution in [2.75, 3.05) is 12.4 Å². The smallest absolute Gasteiger partial charge is 0.228 e. The maximum Gasteiger partial charge on any atom is 0.228 e. The van der Waals surface area contributed by atoms with Crippen LogP contribution in [0, 0.1) is 11.7 Å². The van der Waals surface area contributed by atoms with Crippen LogP contribution in [0.4, 0.5) is 10.2 Å². The van der Waals surface area contributed by atoms with Gasteiger partial charge in [-0.1, -0.05) is 18.9 Å². The van der Waals surface area contributed by atoms with E-state index >= 15 is 0 Å². The van der Waals surface area contributed by atoms with Gasteiger partial charge in [-0.2, -0.15) is 5.10 Å². The Morgan fingerprint density at radius 1 is 1.23 bits per heavy atom. The molecule has 1 aliphatic rings. The molecule has 1 heterocycles. The third-order valence-electron chi connectivity index (χ3n) is 5.00. The lowest BCUT2D eigenvalue weighted by molar-refractivity contribution is -0.119. The number of ether oxygens (including phenoxy) is 1. The Labute approximate surface area is 150 Å². The summed E-state index contributed by atoms with van der Waals surface area (Å²) in [5, 5.41) is 10.9. The van der Waals surface area contributed by atoms with E-state index in [-0.39, 0.29) is 17.6 Å². The zero-order valence-electron chi connectivity index (χ0n) is 14.5. The molecule has 0 unspecified atom stereocenters. The Bertz CT molecular complexity index is 961. The van der Waals surface area contributed by atoms with Gasteiger partial charge in [-0.05, 0) is 48.7 Å². The lowest BCUT2D eigenvalue weighted by Crippen LogP contribution is -2.20. The highest BCUT2D eigenvalue weighted by Gasteiger charge is 2.23. The molecular formula is C20H20FN3O2. The molecule has 0 radical (unpaired) electrons. The number of fused-ring (bicyclic) bond motifs is 1. The van der Waals surface area contributed by atoms with Crippen LogP contribution >= 0.6 is 0 Å². The number of aromatic nitrogens is 2. The maximum absolute atomic E-state index is 13.7. The van der Waals surface area contributed by atoms with Crippen LogP contribution in [0.15, 0.2) is 36.4 Å². The van der Waals surface area contributed by atoms with Gasteiger partial charge in [-0.3, -0.25) is 9.89 Å². The SMILES string of the molecule is COc1ccc(F)cc1-c1ccc2c(NC(=O)C3CCCC3)n[nH]c2c1. The number of halogens is 1. The molecule has 3 aromatic rings. The number of methoxy groups -OCH3 is 1. The van der Waals surface area contributed by atoms with Crippen LogP contribution in [0.3, 0.4) is 0 Å². The van der Waals surface area contributed by atoms with Gasteiger partial charge in [0, 0.05) is 16.9 Å². The van der Waals surface area contributed by atoms with E-state index in [0.717, 1.165) is 42.1 Å². The summed E-state index contributed by atoms with van der Waals surface area (Å²) >= 11 is 0. The molecule has 4 rings (SSSR count). The summed E-state index contributed by atoms with van der Waals surface area (Å²) in [6.45, 7) is 0. The summed E-state index contributed by atoms with van der Waals surface area (Å²) in [4.78, 5) is 12.3. The predicted molar refractivity (Wildman–Crippen MR) is 98.6 cm³/mol. The van der Waals surface area contributed by atoms with Crippen LogP contribution in [-0.4, -0.2) is 23.2 Å². The minimum Gasteiger partial charge on any atom is -0.496 e. The Morgan fingerprint density at radius 2 is 2.04 bits per heavy atom. The molecule has 0 saturated heterocycles. The van der Waals surface area contributed by atoms with Crippen LogP contribution < -0.4 is 10.1 Å². The van der Waals surface area contributed by atoms with E-state index < -0.39 is 0 Å². The standard InChI is InChI=1S/C20H20FN3O2/c1-26-18-9-7-14(21)11-16(18)13-6-8-15-17(10-13)23-24-19(15)22-20(25)12-4-2-3-5-12/h6-12H,2-5H2,1H3,(H2,22,23,24,25). The number of nitrogens with zero attached hydrogens (tertiary/aromatic N) is 1. The van der Waals surface area contributed by atoms with Gasteiger partial charge >= 0.3 is 0 Å². The fourth-order valence-electron chi connectivity index (χ4n) is 3.59. The molecule has 26 heavy (non-hydrogen) atoms. The van der Waals surface area contributed by atoms with Gasteiger partial charge in [0.05, 0.1) is 12.6 Å². The van der Waals surface area contributed by atoms with Gasteiger partial charge in [0.1, 0.15) is 11.6 Å². The number of carbonyl (C=O) groups is 1. The molecule has 5 nitrogen and oxygen atoms in total. The van der Waals surface area contributed by atoms with Crippen LogP contribution in [0.25, 0.3) is 22.0 Å². The molecule has 1 amide bonds. The number of aromatic amines is 1. The lowest BCUT2D eigenvalue weighted by Gasteiger charge is -2.10. The van der Waals surface area contributed by atoms with E-state index in [2.05, 4.69) is 15.5 Å². The average Bonchev–Trinajstić information content (AvgIpc) is 3.31. The fourth-order valence-corrected chi connectivity index (χ4v) is 3.59. The predicted octanol–water partition coefficient (Wildman–Crippen LogP) is 4.51. The number of H-pyrrole nitrogens is 1. The summed E-state index contributed by atoms with van der Waals surface area (Å²) < 4.78 is 19.0. The van der Waals surface area contributed by atoms with Crippen LogP contribution in [0.5, 0.6) is 5.75 Å². The Hall–Kier alpha value is -2.89. The third kappa shape index (κ3) is 3.03. The first-order valence-electron chi connectivity index (χ1n) is 8.78. The van der Waals surface area contributed by atoms with Crippen molar-refractivity contribution < 1.29 is 13.9 Å². The van der Waals surface area contributed by atoms with E-state index in [1.54, 1.807) is 13.2 Å². The van der Waals surface area contributed by atoms with Gasteiger partial charge in [0.2, 0.25) is 5.91 Å². The van der Waals surface area contributed by atoms with Crippen molar-refractivity contribution in [1.29, 1.82) is 0 Å². The number of hydrogen-bond donors (Lipinski definition) is 2. The second-order valence-corrected chi connectivity index (χ2v) is 6.65. The summed E-state index contributed by atoms with van der Waals surface area (Å²) in [6.07, 6.45) is 4.10. The molecule has 1 saturated carbocycles. The molecule has 0 atom stereocenters. The van der Waals surface area contributed by atoms with Gasteiger partial charge < -0.3 is 10.1 Å². The highest BCUT2D eigenvalue weighted by molar-refractivity contribution is 6.01. The van der Waals surface area contributed by atoms with Crippen LogP contribution in [0.1, 0.15) is 25.7 Å². The number of rotatable bonds is 4. The van der Waals surface area contributed by atoms with Crippen molar-refractivity contribution >= 4 is 22.6 Å². The van der Waals surface area contributed by atoms with Gasteiger partial charge in [-0.15, -0.1) is 0 Å². The molecular weight excluding hydrogens is 333 g/mol. The molecule has 6 heteroatoms. The first-order valence-corrected chi connectivity index (χ1v) is 8.78. The van der Waals surface area contributed by atoms with E-state index in [9.17, 15) is 9.18 Å². The zero-order valence-corrected chi connectivity index (χ0v) is 14.5. The summed E-state index contributed by atoms with van der Waals surface area (Å²) in [7, 11) is 1.56. The second kappa shape index (κ2) is 6.78. The molecule has 134 valence electrons. The second-order valence-electron chi connectivity index (χ2n) is 6.65. The first-order chi connectivity index (χ1) is 12.7. The monoisotopic (exact) mass is 353 g/mol. The topological polar surface area (TPSA) is 67.0 Å². The molecule has 0 bridgehead atoms. The summed E-state index contributed by atoms with van der Waals surface area (Å²) in [5.74, 6) is 0.925. The van der Waals surface area contributed by atoms with Crippen LogP contribution in [-0.2, 0) is 4.79 Å². The number of carbonyl (C=O) groups excluding carboxylic acids is 1. The molecule has 1 aliphatic carbocycles. The average molecular weight is 353 g/mol. The van der Waals surface area contributed by atoms with Crippen molar-refractivity contribution in [2.45, 2.75) is 25.7 Å². The number of nitrogens with one attached hydrogen (secondary N) is 2. The molecule has 0 aliphatic heterocycles. The normalized spacial score (nSPS) is 14.7. The third-order valence-corrected chi connectivity index (χ3v) is 5.00. The number of hydrogen-bond acceptors (Lipinski definition) is 3. The van der Waals surface area contributed by atoms with E-state index in [1.165, 1.54) is 12.1 Å². The molecule has 1 fully saturated rings. The molecule has 1 aromatic heterocycles. The number of amides is 1. The quantitative estimate of drug-likeness (QED) is 0.725. The number of anilines is 1. The largest absolute Gasteiger partial charge is 0.496 e. The first kappa shape index (κ1) is 16.6. The van der Waals surface area contributed by atoms with Gasteiger partial charge in [0.25, 0.3) is 0 Å². The number of benzene rings is 2. The molecule has 2 N–H and O–H groups in total. The molecule has 0 spiro atoms. The fraction of sp³-hybridized carbons (Fsp3) is 0.300. The lowest BCUT2D eigenvalue weighted by atomic mass is 10.0. The van der Waals surface area contributed by atoms with Crippen molar-refractivity contribution in [3.8, 4) is 16.9 Å². The Kier molecular flexibility index (Phi) is 4.32. The minimum atomic E-state index is -0.324. The van der Waals surface area contributed by atoms with E-state index in [1.807, 2.05) is 18.2 Å². The highest BCUT2D eigenvalue weighted by atomic mass is 19.1. The van der Waals surface area contributed by atoms with Gasteiger partial charge in [-0.25, -0.2) is 4.39 Å². The van der Waals surface area contributed by atoms with Crippen molar-refractivity contribution in [3.63, 3.8) is 0 Å². The Balaban J connectivity index is 1.65. The summed E-state index contributed by atoms with van der Waals surface area (Å²) in [5.41, 5.74) is 2.25. The van der Waals surface area contributed by atoms with Crippen molar-refractivity contribution in [1.82, 2.24) is 10.2 Å². The van der Waals surface area contributed by atoms with E-state index in [4.69, 9.17) is 4.74 Å².